The highest BCUT2D eigenvalue weighted by Crippen LogP contribution is 2.05. The minimum atomic E-state index is -0.174. The number of aryl methyl sites for hydroxylation is 1. The van der Waals surface area contributed by atoms with Crippen LogP contribution in [-0.4, -0.2) is 34.9 Å². The van der Waals surface area contributed by atoms with Crippen molar-refractivity contribution >= 4 is 11.9 Å². The Morgan fingerprint density at radius 2 is 2.14 bits per heavy atom. The molecule has 0 atom stereocenters. The van der Waals surface area contributed by atoms with Gasteiger partial charge >= 0.3 is 0 Å². The van der Waals surface area contributed by atoms with Crippen LogP contribution in [0.4, 0.5) is 5.95 Å². The third kappa shape index (κ3) is 2.17. The predicted octanol–water partition coefficient (Wildman–Crippen LogP) is -0.228. The zero-order valence-corrected chi connectivity index (χ0v) is 8.40. The third-order valence-electron chi connectivity index (χ3n) is 1.61. The van der Waals surface area contributed by atoms with Crippen LogP contribution < -0.4 is 11.3 Å². The van der Waals surface area contributed by atoms with E-state index in [1.54, 1.807) is 27.1 Å². The molecule has 0 aliphatic heterocycles. The SMILES string of the molecule is Cc1cc(C(=O)N(C)C)nc(NN)n1. The van der Waals surface area contributed by atoms with Gasteiger partial charge in [0, 0.05) is 19.8 Å². The lowest BCUT2D eigenvalue weighted by Gasteiger charge is -2.10. The van der Waals surface area contributed by atoms with Crippen LogP contribution in [0.15, 0.2) is 6.07 Å². The normalized spacial score (nSPS) is 9.71. The lowest BCUT2D eigenvalue weighted by molar-refractivity contribution is 0.0822. The monoisotopic (exact) mass is 195 g/mol. The molecule has 1 aromatic heterocycles. The highest BCUT2D eigenvalue weighted by Gasteiger charge is 2.11. The number of nitrogens with one attached hydrogen (secondary N) is 1. The van der Waals surface area contributed by atoms with E-state index in [-0.39, 0.29) is 11.9 Å². The van der Waals surface area contributed by atoms with Gasteiger partial charge in [-0.25, -0.2) is 15.8 Å². The van der Waals surface area contributed by atoms with Crippen LogP contribution in [0.25, 0.3) is 0 Å². The number of carbonyl (C=O) groups excluding carboxylic acids is 1. The van der Waals surface area contributed by atoms with Gasteiger partial charge in [-0.3, -0.25) is 10.2 Å². The van der Waals surface area contributed by atoms with Gasteiger partial charge in [0.05, 0.1) is 0 Å². The van der Waals surface area contributed by atoms with E-state index in [2.05, 4.69) is 15.4 Å². The number of nitrogens with two attached hydrogens (primary N) is 1. The van der Waals surface area contributed by atoms with Crippen molar-refractivity contribution in [3.63, 3.8) is 0 Å². The molecule has 3 N–H and O–H groups in total. The molecule has 1 rings (SSSR count). The molecule has 0 unspecified atom stereocenters. The average Bonchev–Trinajstić information content (AvgIpc) is 2.15. The van der Waals surface area contributed by atoms with E-state index in [0.29, 0.717) is 11.4 Å². The number of amides is 1. The highest BCUT2D eigenvalue weighted by atomic mass is 16.2. The Kier molecular flexibility index (Phi) is 2.98. The molecule has 1 heterocycles. The van der Waals surface area contributed by atoms with Gasteiger partial charge in [-0.2, -0.15) is 0 Å². The Hall–Kier alpha value is -1.69. The van der Waals surface area contributed by atoms with Crippen LogP contribution in [0.5, 0.6) is 0 Å². The first kappa shape index (κ1) is 10.4. The molecule has 76 valence electrons. The van der Waals surface area contributed by atoms with Crippen LogP contribution >= 0.6 is 0 Å². The van der Waals surface area contributed by atoms with Crippen LogP contribution in [0.2, 0.25) is 0 Å². The second kappa shape index (κ2) is 4.01. The first-order valence-corrected chi connectivity index (χ1v) is 4.08. The molecule has 0 fully saturated rings. The Morgan fingerprint density at radius 3 is 2.64 bits per heavy atom. The molecule has 6 nitrogen and oxygen atoms in total. The van der Waals surface area contributed by atoms with Crippen molar-refractivity contribution in [2.75, 3.05) is 19.5 Å². The fourth-order valence-electron chi connectivity index (χ4n) is 0.972. The number of anilines is 1. The molecule has 0 saturated heterocycles. The van der Waals surface area contributed by atoms with Gasteiger partial charge in [0.25, 0.3) is 5.91 Å². The van der Waals surface area contributed by atoms with Crippen molar-refractivity contribution in [1.82, 2.24) is 14.9 Å². The number of hydrazine groups is 1. The van der Waals surface area contributed by atoms with Gasteiger partial charge in [0.2, 0.25) is 5.95 Å². The smallest absolute Gasteiger partial charge is 0.272 e. The summed E-state index contributed by atoms with van der Waals surface area (Å²) in [6.45, 7) is 1.77. The van der Waals surface area contributed by atoms with Crippen molar-refractivity contribution in [3.05, 3.63) is 17.5 Å². The van der Waals surface area contributed by atoms with Gasteiger partial charge in [-0.15, -0.1) is 0 Å². The van der Waals surface area contributed by atoms with Crippen molar-refractivity contribution in [3.8, 4) is 0 Å². The second-order valence-electron chi connectivity index (χ2n) is 3.06. The molecule has 1 aromatic rings. The maximum absolute atomic E-state index is 11.5. The Balaban J connectivity index is 3.09. The highest BCUT2D eigenvalue weighted by molar-refractivity contribution is 5.92. The Labute approximate surface area is 82.1 Å². The van der Waals surface area contributed by atoms with E-state index in [1.165, 1.54) is 4.90 Å². The number of carbonyl (C=O) groups is 1. The largest absolute Gasteiger partial charge is 0.343 e. The van der Waals surface area contributed by atoms with Crippen molar-refractivity contribution in [1.29, 1.82) is 0 Å². The van der Waals surface area contributed by atoms with E-state index >= 15 is 0 Å². The molecular weight excluding hydrogens is 182 g/mol. The lowest BCUT2D eigenvalue weighted by atomic mass is 10.3. The summed E-state index contributed by atoms with van der Waals surface area (Å²) in [4.78, 5) is 20.9. The number of nitrogen functional groups attached to an aromatic ring is 1. The van der Waals surface area contributed by atoms with Crippen LogP contribution in [-0.2, 0) is 0 Å². The Bertz CT molecular complexity index is 350. The number of hydrogen-bond donors (Lipinski definition) is 2. The van der Waals surface area contributed by atoms with Gasteiger partial charge in [-0.05, 0) is 13.0 Å². The number of nitrogens with zero attached hydrogens (tertiary/aromatic N) is 3. The summed E-state index contributed by atoms with van der Waals surface area (Å²) in [6, 6.07) is 1.61. The first-order valence-electron chi connectivity index (χ1n) is 4.08. The topological polar surface area (TPSA) is 84.1 Å². The molecular formula is C8H13N5O. The molecule has 0 aliphatic rings. The molecule has 0 aromatic carbocycles. The maximum Gasteiger partial charge on any atom is 0.272 e. The zero-order valence-electron chi connectivity index (χ0n) is 8.40. The van der Waals surface area contributed by atoms with Gasteiger partial charge in [0.1, 0.15) is 5.69 Å². The standard InChI is InChI=1S/C8H13N5O/c1-5-4-6(7(14)13(2)3)11-8(10-5)12-9/h4H,9H2,1-3H3,(H,10,11,12). The molecule has 0 bridgehead atoms. The van der Waals surface area contributed by atoms with E-state index < -0.39 is 0 Å². The van der Waals surface area contributed by atoms with E-state index in [0.717, 1.165) is 0 Å². The van der Waals surface area contributed by atoms with Crippen LogP contribution in [0, 0.1) is 6.92 Å². The quantitative estimate of drug-likeness (QED) is 0.503. The fourth-order valence-corrected chi connectivity index (χ4v) is 0.972. The molecule has 0 aliphatic carbocycles. The van der Waals surface area contributed by atoms with Gasteiger partial charge in [0.15, 0.2) is 0 Å². The molecule has 6 heteroatoms. The van der Waals surface area contributed by atoms with Crippen molar-refractivity contribution in [2.45, 2.75) is 6.92 Å². The maximum atomic E-state index is 11.5. The first-order chi connectivity index (χ1) is 6.54. The number of hydrogen-bond acceptors (Lipinski definition) is 5. The summed E-state index contributed by atoms with van der Waals surface area (Å²) in [5, 5.41) is 0. The average molecular weight is 195 g/mol. The van der Waals surface area contributed by atoms with Crippen LogP contribution in [0.1, 0.15) is 16.2 Å². The summed E-state index contributed by atoms with van der Waals surface area (Å²) in [7, 11) is 3.32. The van der Waals surface area contributed by atoms with Crippen molar-refractivity contribution in [2.24, 2.45) is 5.84 Å². The van der Waals surface area contributed by atoms with E-state index in [4.69, 9.17) is 5.84 Å². The molecule has 0 radical (unpaired) electrons. The minimum Gasteiger partial charge on any atom is -0.343 e. The summed E-state index contributed by atoms with van der Waals surface area (Å²) < 4.78 is 0. The number of rotatable bonds is 2. The summed E-state index contributed by atoms with van der Waals surface area (Å²) >= 11 is 0. The third-order valence-corrected chi connectivity index (χ3v) is 1.61. The molecule has 14 heavy (non-hydrogen) atoms. The molecule has 0 saturated carbocycles. The van der Waals surface area contributed by atoms with Crippen LogP contribution in [0.3, 0.4) is 0 Å². The summed E-state index contributed by atoms with van der Waals surface area (Å²) in [5.41, 5.74) is 3.33. The predicted molar refractivity (Wildman–Crippen MR) is 52.6 cm³/mol. The summed E-state index contributed by atoms with van der Waals surface area (Å²) in [5.74, 6) is 5.24. The van der Waals surface area contributed by atoms with Crippen molar-refractivity contribution < 1.29 is 4.79 Å². The fraction of sp³-hybridized carbons (Fsp3) is 0.375. The lowest BCUT2D eigenvalue weighted by Crippen LogP contribution is -2.24. The minimum absolute atomic E-state index is 0.174. The number of aromatic nitrogens is 2. The summed E-state index contributed by atoms with van der Waals surface area (Å²) in [6.07, 6.45) is 0. The van der Waals surface area contributed by atoms with E-state index in [9.17, 15) is 4.79 Å². The second-order valence-corrected chi connectivity index (χ2v) is 3.06. The van der Waals surface area contributed by atoms with E-state index in [1.807, 2.05) is 0 Å². The molecule has 1 amide bonds. The van der Waals surface area contributed by atoms with Gasteiger partial charge in [-0.1, -0.05) is 0 Å². The Morgan fingerprint density at radius 1 is 1.50 bits per heavy atom. The zero-order chi connectivity index (χ0) is 10.7. The van der Waals surface area contributed by atoms with Gasteiger partial charge < -0.3 is 4.90 Å². The molecule has 0 spiro atoms.